The van der Waals surface area contributed by atoms with Crippen molar-refractivity contribution in [3.05, 3.63) is 0 Å². The SMILES string of the molecule is CCC(C)C(NC(=O)C(CCC(N)=O)NC(=O)C(CCCCN)NC(=O)C(N)CCC(N)=O)C(=O)O. The van der Waals surface area contributed by atoms with Gasteiger partial charge >= 0.3 is 5.97 Å². The maximum absolute atomic E-state index is 13.0. The van der Waals surface area contributed by atoms with Gasteiger partial charge in [0.05, 0.1) is 6.04 Å². The first-order valence-corrected chi connectivity index (χ1v) is 12.0. The summed E-state index contributed by atoms with van der Waals surface area (Å²) in [6.07, 6.45) is 1.12. The highest BCUT2D eigenvalue weighted by Crippen LogP contribution is 2.10. The van der Waals surface area contributed by atoms with E-state index >= 15 is 0 Å². The summed E-state index contributed by atoms with van der Waals surface area (Å²) in [5, 5.41) is 16.9. The quantitative estimate of drug-likeness (QED) is 0.0848. The molecule has 0 aromatic heterocycles. The average Bonchev–Trinajstić information content (AvgIpc) is 2.81. The van der Waals surface area contributed by atoms with Gasteiger partial charge in [0.25, 0.3) is 0 Å². The van der Waals surface area contributed by atoms with Gasteiger partial charge in [-0.1, -0.05) is 20.3 Å². The molecular formula is C22H41N7O7. The van der Waals surface area contributed by atoms with Crippen LogP contribution < -0.4 is 38.9 Å². The van der Waals surface area contributed by atoms with E-state index in [0.717, 1.165) is 0 Å². The van der Waals surface area contributed by atoms with Crippen LogP contribution in [0.4, 0.5) is 0 Å². The summed E-state index contributed by atoms with van der Waals surface area (Å²) in [5.41, 5.74) is 21.6. The summed E-state index contributed by atoms with van der Waals surface area (Å²) in [6, 6.07) is -4.69. The van der Waals surface area contributed by atoms with Crippen molar-refractivity contribution in [2.75, 3.05) is 6.54 Å². The van der Waals surface area contributed by atoms with Crippen LogP contribution in [0.5, 0.6) is 0 Å². The number of unbranched alkanes of at least 4 members (excludes halogenated alkanes) is 1. The van der Waals surface area contributed by atoms with E-state index in [0.29, 0.717) is 25.8 Å². The van der Waals surface area contributed by atoms with Gasteiger partial charge in [0.2, 0.25) is 29.5 Å². The zero-order valence-corrected chi connectivity index (χ0v) is 21.0. The lowest BCUT2D eigenvalue weighted by Crippen LogP contribution is -2.57. The Morgan fingerprint density at radius 1 is 0.778 bits per heavy atom. The smallest absolute Gasteiger partial charge is 0.326 e. The van der Waals surface area contributed by atoms with Crippen molar-refractivity contribution < 1.29 is 33.9 Å². The molecule has 0 aromatic rings. The van der Waals surface area contributed by atoms with Gasteiger partial charge in [-0.05, 0) is 44.6 Å². The number of nitrogens with one attached hydrogen (secondary N) is 3. The molecule has 0 fully saturated rings. The number of carbonyl (C=O) groups is 6. The van der Waals surface area contributed by atoms with Gasteiger partial charge in [-0.2, -0.15) is 0 Å². The minimum atomic E-state index is -1.28. The molecule has 0 bridgehead atoms. The van der Waals surface area contributed by atoms with E-state index in [1.807, 2.05) is 0 Å². The average molecular weight is 516 g/mol. The van der Waals surface area contributed by atoms with Crippen molar-refractivity contribution in [2.24, 2.45) is 28.9 Å². The van der Waals surface area contributed by atoms with E-state index in [9.17, 15) is 33.9 Å². The van der Waals surface area contributed by atoms with Crippen molar-refractivity contribution in [3.8, 4) is 0 Å². The molecule has 14 nitrogen and oxygen atoms in total. The topological polar surface area (TPSA) is 263 Å². The lowest BCUT2D eigenvalue weighted by molar-refractivity contribution is -0.144. The number of aliphatic carboxylic acids is 1. The van der Waals surface area contributed by atoms with Crippen LogP contribution in [0, 0.1) is 5.92 Å². The van der Waals surface area contributed by atoms with E-state index in [2.05, 4.69) is 16.0 Å². The maximum Gasteiger partial charge on any atom is 0.326 e. The Morgan fingerprint density at radius 2 is 1.28 bits per heavy atom. The highest BCUT2D eigenvalue weighted by atomic mass is 16.4. The second kappa shape index (κ2) is 17.2. The highest BCUT2D eigenvalue weighted by molar-refractivity contribution is 5.94. The van der Waals surface area contributed by atoms with Crippen molar-refractivity contribution in [1.29, 1.82) is 0 Å². The molecule has 0 saturated heterocycles. The normalized spacial score (nSPS) is 15.0. The second-order valence-electron chi connectivity index (χ2n) is 8.73. The number of carboxylic acids is 1. The molecule has 0 spiro atoms. The summed E-state index contributed by atoms with van der Waals surface area (Å²) in [7, 11) is 0. The standard InChI is InChI=1S/C22H41N7O7/c1-3-12(2)18(22(35)36)29-21(34)15(8-10-17(26)31)28-20(33)14(6-4-5-11-23)27-19(32)13(24)7-9-16(25)30/h12-15,18H,3-11,23-24H2,1-2H3,(H2,25,30)(H2,26,31)(H,27,32)(H,28,33)(H,29,34)(H,35,36). The molecule has 0 radical (unpaired) electrons. The van der Waals surface area contributed by atoms with Gasteiger partial charge in [0.15, 0.2) is 0 Å². The summed E-state index contributed by atoms with van der Waals surface area (Å²) in [4.78, 5) is 72.3. The number of carbonyl (C=O) groups excluding carboxylic acids is 5. The van der Waals surface area contributed by atoms with E-state index in [4.69, 9.17) is 22.9 Å². The number of nitrogens with two attached hydrogens (primary N) is 4. The predicted octanol–water partition coefficient (Wildman–Crippen LogP) is -2.44. The highest BCUT2D eigenvalue weighted by Gasteiger charge is 2.32. The van der Waals surface area contributed by atoms with Crippen LogP contribution >= 0.6 is 0 Å². The molecule has 0 aliphatic rings. The zero-order chi connectivity index (χ0) is 27.8. The second-order valence-corrected chi connectivity index (χ2v) is 8.73. The number of rotatable bonds is 19. The third-order valence-electron chi connectivity index (χ3n) is 5.71. The van der Waals surface area contributed by atoms with Crippen molar-refractivity contribution in [3.63, 3.8) is 0 Å². The fourth-order valence-corrected chi connectivity index (χ4v) is 3.23. The number of amides is 5. The first-order chi connectivity index (χ1) is 16.8. The van der Waals surface area contributed by atoms with Gasteiger partial charge in [0.1, 0.15) is 18.1 Å². The molecule has 206 valence electrons. The molecule has 5 atom stereocenters. The number of hydrogen-bond donors (Lipinski definition) is 8. The van der Waals surface area contributed by atoms with Gasteiger partial charge in [-0.15, -0.1) is 0 Å². The minimum Gasteiger partial charge on any atom is -0.480 e. The number of hydrogen-bond acceptors (Lipinski definition) is 8. The van der Waals surface area contributed by atoms with E-state index in [-0.39, 0.29) is 32.1 Å². The number of carboxylic acid groups (broad SMARTS) is 1. The summed E-state index contributed by atoms with van der Waals surface area (Å²) < 4.78 is 0. The Bertz CT molecular complexity index is 778. The van der Waals surface area contributed by atoms with E-state index < -0.39 is 65.6 Å². The molecule has 0 saturated carbocycles. The zero-order valence-electron chi connectivity index (χ0n) is 21.0. The molecular weight excluding hydrogens is 474 g/mol. The molecule has 5 unspecified atom stereocenters. The predicted molar refractivity (Wildman–Crippen MR) is 131 cm³/mol. The van der Waals surface area contributed by atoms with Crippen LogP contribution in [-0.4, -0.2) is 71.3 Å². The fraction of sp³-hybridized carbons (Fsp3) is 0.727. The molecule has 0 heterocycles. The molecule has 0 aromatic carbocycles. The Labute approximate surface area is 210 Å². The van der Waals surface area contributed by atoms with E-state index in [1.165, 1.54) is 0 Å². The lowest BCUT2D eigenvalue weighted by atomic mass is 9.98. The monoisotopic (exact) mass is 515 g/mol. The van der Waals surface area contributed by atoms with Gasteiger partial charge in [0, 0.05) is 12.8 Å². The van der Waals surface area contributed by atoms with Gasteiger partial charge in [-0.3, -0.25) is 24.0 Å². The molecule has 5 amide bonds. The first-order valence-electron chi connectivity index (χ1n) is 12.0. The maximum atomic E-state index is 13.0. The summed E-state index contributed by atoms with van der Waals surface area (Å²) >= 11 is 0. The van der Waals surface area contributed by atoms with Crippen molar-refractivity contribution in [1.82, 2.24) is 16.0 Å². The van der Waals surface area contributed by atoms with Crippen molar-refractivity contribution >= 4 is 35.5 Å². The van der Waals surface area contributed by atoms with Crippen LogP contribution in [-0.2, 0) is 28.8 Å². The van der Waals surface area contributed by atoms with Crippen LogP contribution in [0.3, 0.4) is 0 Å². The third kappa shape index (κ3) is 13.0. The Balaban J connectivity index is 5.61. The molecule has 0 aliphatic carbocycles. The summed E-state index contributed by atoms with van der Waals surface area (Å²) in [6.45, 7) is 3.78. The lowest BCUT2D eigenvalue weighted by Gasteiger charge is -2.26. The minimum absolute atomic E-state index is 0.0197. The molecule has 14 heteroatoms. The van der Waals surface area contributed by atoms with Crippen LogP contribution in [0.2, 0.25) is 0 Å². The fourth-order valence-electron chi connectivity index (χ4n) is 3.23. The summed E-state index contributed by atoms with van der Waals surface area (Å²) in [5.74, 6) is -5.21. The third-order valence-corrected chi connectivity index (χ3v) is 5.71. The Morgan fingerprint density at radius 3 is 1.78 bits per heavy atom. The first kappa shape index (κ1) is 32.7. The molecule has 36 heavy (non-hydrogen) atoms. The van der Waals surface area contributed by atoms with Gasteiger partial charge < -0.3 is 44.0 Å². The van der Waals surface area contributed by atoms with E-state index in [1.54, 1.807) is 13.8 Å². The van der Waals surface area contributed by atoms with Gasteiger partial charge in [-0.25, -0.2) is 4.79 Å². The largest absolute Gasteiger partial charge is 0.480 e. The molecule has 0 rings (SSSR count). The van der Waals surface area contributed by atoms with Crippen LogP contribution in [0.25, 0.3) is 0 Å². The molecule has 12 N–H and O–H groups in total. The number of primary amides is 2. The molecule has 0 aliphatic heterocycles. The van der Waals surface area contributed by atoms with Crippen LogP contribution in [0.15, 0.2) is 0 Å². The van der Waals surface area contributed by atoms with Crippen molar-refractivity contribution in [2.45, 2.75) is 89.4 Å². The van der Waals surface area contributed by atoms with Crippen LogP contribution in [0.1, 0.15) is 65.2 Å². The Kier molecular flexibility index (Phi) is 15.7. The Hall–Kier alpha value is -3.26.